The maximum atomic E-state index is 12.5. The summed E-state index contributed by atoms with van der Waals surface area (Å²) in [7, 11) is -3.51. The second kappa shape index (κ2) is 9.71. The summed E-state index contributed by atoms with van der Waals surface area (Å²) in [5.41, 5.74) is 1.71. The number of carbonyl (C=O) groups excluding carboxylic acids is 1. The second-order valence-corrected chi connectivity index (χ2v) is 8.30. The monoisotopic (exact) mass is 404 g/mol. The number of hydrogen-bond donors (Lipinski definition) is 1. The Morgan fingerprint density at radius 1 is 1.00 bits per heavy atom. The van der Waals surface area contributed by atoms with Gasteiger partial charge in [-0.05, 0) is 55.3 Å². The van der Waals surface area contributed by atoms with Crippen molar-refractivity contribution in [2.75, 3.05) is 18.4 Å². The summed E-state index contributed by atoms with van der Waals surface area (Å²) >= 11 is 0. The van der Waals surface area contributed by atoms with Crippen LogP contribution in [0, 0.1) is 0 Å². The lowest BCUT2D eigenvalue weighted by Crippen LogP contribution is -2.31. The van der Waals surface area contributed by atoms with Crippen LogP contribution in [0.2, 0.25) is 0 Å². The van der Waals surface area contributed by atoms with E-state index < -0.39 is 16.1 Å². The van der Waals surface area contributed by atoms with Crippen molar-refractivity contribution in [3.8, 4) is 5.75 Å². The molecule has 0 bridgehead atoms. The van der Waals surface area contributed by atoms with Crippen molar-refractivity contribution in [2.24, 2.45) is 0 Å². The molecule has 2 aromatic rings. The van der Waals surface area contributed by atoms with E-state index in [4.69, 9.17) is 4.74 Å². The Hall–Kier alpha value is -2.38. The number of hydrogen-bond acceptors (Lipinski definition) is 4. The van der Waals surface area contributed by atoms with Gasteiger partial charge in [0.1, 0.15) is 5.75 Å². The van der Waals surface area contributed by atoms with E-state index in [0.717, 1.165) is 6.42 Å². The fourth-order valence-corrected chi connectivity index (χ4v) is 4.19. The van der Waals surface area contributed by atoms with Crippen molar-refractivity contribution in [1.29, 1.82) is 0 Å². The molecule has 0 radical (unpaired) electrons. The molecule has 2 aromatic carbocycles. The molecule has 1 N–H and O–H groups in total. The average molecular weight is 405 g/mol. The molecule has 0 saturated carbocycles. The number of carbonyl (C=O) groups is 1. The first kappa shape index (κ1) is 21.9. The largest absolute Gasteiger partial charge is 0.481 e. The Bertz CT molecular complexity index is 874. The van der Waals surface area contributed by atoms with Crippen LogP contribution < -0.4 is 10.1 Å². The summed E-state index contributed by atoms with van der Waals surface area (Å²) in [6.45, 7) is 8.16. The minimum Gasteiger partial charge on any atom is -0.481 e. The van der Waals surface area contributed by atoms with E-state index in [-0.39, 0.29) is 10.8 Å². The maximum absolute atomic E-state index is 12.5. The molecule has 0 heterocycles. The molecule has 1 unspecified atom stereocenters. The van der Waals surface area contributed by atoms with Crippen molar-refractivity contribution in [2.45, 2.75) is 45.1 Å². The molecule has 1 amide bonds. The van der Waals surface area contributed by atoms with Crippen molar-refractivity contribution < 1.29 is 17.9 Å². The van der Waals surface area contributed by atoms with Crippen molar-refractivity contribution >= 4 is 21.6 Å². The predicted molar refractivity (Wildman–Crippen MR) is 111 cm³/mol. The number of sulfonamides is 1. The van der Waals surface area contributed by atoms with E-state index >= 15 is 0 Å². The zero-order valence-corrected chi connectivity index (χ0v) is 17.6. The highest BCUT2D eigenvalue weighted by atomic mass is 32.2. The average Bonchev–Trinajstić information content (AvgIpc) is 2.69. The summed E-state index contributed by atoms with van der Waals surface area (Å²) in [5, 5.41) is 2.75. The third-order valence-corrected chi connectivity index (χ3v) is 6.54. The SMILES string of the molecule is CCc1ccc(OC(C)C(=O)Nc2ccc(S(=O)(=O)N(CC)CC)cc2)cc1. The molecular weight excluding hydrogens is 376 g/mol. The zero-order chi connectivity index (χ0) is 20.7. The van der Waals surface area contributed by atoms with Gasteiger partial charge in [-0.15, -0.1) is 0 Å². The Morgan fingerprint density at radius 3 is 2.07 bits per heavy atom. The first-order valence-electron chi connectivity index (χ1n) is 9.48. The van der Waals surface area contributed by atoms with Crippen LogP contribution >= 0.6 is 0 Å². The molecule has 6 nitrogen and oxygen atoms in total. The molecule has 28 heavy (non-hydrogen) atoms. The number of benzene rings is 2. The van der Waals surface area contributed by atoms with Gasteiger partial charge < -0.3 is 10.1 Å². The van der Waals surface area contributed by atoms with Crippen LogP contribution in [0.5, 0.6) is 5.75 Å². The van der Waals surface area contributed by atoms with E-state index in [1.165, 1.54) is 22.0 Å². The van der Waals surface area contributed by atoms with E-state index in [1.807, 2.05) is 24.3 Å². The highest BCUT2D eigenvalue weighted by molar-refractivity contribution is 7.89. The number of ether oxygens (including phenoxy) is 1. The van der Waals surface area contributed by atoms with Gasteiger partial charge >= 0.3 is 0 Å². The highest BCUT2D eigenvalue weighted by Crippen LogP contribution is 2.19. The van der Waals surface area contributed by atoms with Gasteiger partial charge in [0.25, 0.3) is 5.91 Å². The molecule has 7 heteroatoms. The summed E-state index contributed by atoms with van der Waals surface area (Å²) in [5.74, 6) is 0.319. The van der Waals surface area contributed by atoms with Gasteiger partial charge in [-0.3, -0.25) is 4.79 Å². The summed E-state index contributed by atoms with van der Waals surface area (Å²) in [6, 6.07) is 13.8. The quantitative estimate of drug-likeness (QED) is 0.692. The van der Waals surface area contributed by atoms with Crippen molar-refractivity contribution in [3.63, 3.8) is 0 Å². The van der Waals surface area contributed by atoms with Crippen LogP contribution in [0.4, 0.5) is 5.69 Å². The fourth-order valence-electron chi connectivity index (χ4n) is 2.73. The van der Waals surface area contributed by atoms with Crippen LogP contribution in [0.1, 0.15) is 33.3 Å². The number of nitrogens with one attached hydrogen (secondary N) is 1. The lowest BCUT2D eigenvalue weighted by molar-refractivity contribution is -0.122. The summed E-state index contributed by atoms with van der Waals surface area (Å²) in [4.78, 5) is 12.6. The number of anilines is 1. The summed E-state index contributed by atoms with van der Waals surface area (Å²) < 4.78 is 32.1. The van der Waals surface area contributed by atoms with Gasteiger partial charge in [0.15, 0.2) is 6.10 Å². The van der Waals surface area contributed by atoms with Crippen molar-refractivity contribution in [1.82, 2.24) is 4.31 Å². The van der Waals surface area contributed by atoms with E-state index in [0.29, 0.717) is 24.5 Å². The van der Waals surface area contributed by atoms with Gasteiger partial charge in [-0.1, -0.05) is 32.9 Å². The molecule has 0 fully saturated rings. The van der Waals surface area contributed by atoms with Crippen LogP contribution in [0.15, 0.2) is 53.4 Å². The predicted octanol–water partition coefficient (Wildman–Crippen LogP) is 3.69. The molecule has 0 saturated heterocycles. The van der Waals surface area contributed by atoms with Crippen LogP contribution in [-0.4, -0.2) is 37.8 Å². The Labute approximate surface area is 167 Å². The number of aryl methyl sites for hydroxylation is 1. The Kier molecular flexibility index (Phi) is 7.60. The normalized spacial score (nSPS) is 12.6. The molecule has 1 atom stereocenters. The Morgan fingerprint density at radius 2 is 1.57 bits per heavy atom. The molecular formula is C21H28N2O4S. The van der Waals surface area contributed by atoms with E-state index in [2.05, 4.69) is 12.2 Å². The lowest BCUT2D eigenvalue weighted by atomic mass is 10.2. The lowest BCUT2D eigenvalue weighted by Gasteiger charge is -2.19. The first-order valence-corrected chi connectivity index (χ1v) is 10.9. The number of nitrogens with zero attached hydrogens (tertiary/aromatic N) is 1. The highest BCUT2D eigenvalue weighted by Gasteiger charge is 2.21. The Balaban J connectivity index is 2.01. The van der Waals surface area contributed by atoms with Crippen LogP contribution in [-0.2, 0) is 21.2 Å². The molecule has 2 rings (SSSR count). The molecule has 152 valence electrons. The molecule has 0 aliphatic heterocycles. The topological polar surface area (TPSA) is 75.7 Å². The zero-order valence-electron chi connectivity index (χ0n) is 16.8. The first-order chi connectivity index (χ1) is 13.3. The molecule has 0 aliphatic rings. The van der Waals surface area contributed by atoms with Gasteiger partial charge in [-0.25, -0.2) is 8.42 Å². The summed E-state index contributed by atoms with van der Waals surface area (Å²) in [6.07, 6.45) is 0.252. The molecule has 0 spiro atoms. The minimum atomic E-state index is -3.51. The smallest absolute Gasteiger partial charge is 0.265 e. The number of rotatable bonds is 9. The third kappa shape index (κ3) is 5.33. The molecule has 0 aromatic heterocycles. The third-order valence-electron chi connectivity index (χ3n) is 4.48. The minimum absolute atomic E-state index is 0.203. The van der Waals surface area contributed by atoms with Gasteiger partial charge in [0.2, 0.25) is 10.0 Å². The standard InChI is InChI=1S/C21H28N2O4S/c1-5-17-8-12-19(13-9-17)27-16(4)21(24)22-18-10-14-20(15-11-18)28(25,26)23(6-2)7-3/h8-16H,5-7H2,1-4H3,(H,22,24). The van der Waals surface area contributed by atoms with Crippen molar-refractivity contribution in [3.05, 3.63) is 54.1 Å². The second-order valence-electron chi connectivity index (χ2n) is 6.36. The number of amides is 1. The fraction of sp³-hybridized carbons (Fsp3) is 0.381. The van der Waals surface area contributed by atoms with Gasteiger partial charge in [-0.2, -0.15) is 4.31 Å². The molecule has 0 aliphatic carbocycles. The van der Waals surface area contributed by atoms with Gasteiger partial charge in [0.05, 0.1) is 4.90 Å². The van der Waals surface area contributed by atoms with E-state index in [9.17, 15) is 13.2 Å². The van der Waals surface area contributed by atoms with Gasteiger partial charge in [0, 0.05) is 18.8 Å². The maximum Gasteiger partial charge on any atom is 0.265 e. The van der Waals surface area contributed by atoms with Crippen LogP contribution in [0.3, 0.4) is 0 Å². The van der Waals surface area contributed by atoms with Crippen LogP contribution in [0.25, 0.3) is 0 Å². The van der Waals surface area contributed by atoms with E-state index in [1.54, 1.807) is 32.9 Å².